The fraction of sp³-hybridized carbons (Fsp3) is 0.190. The molecule has 0 saturated carbocycles. The number of hydrogen-bond acceptors (Lipinski definition) is 4. The first-order valence-electron chi connectivity index (χ1n) is 8.16. The Morgan fingerprint density at radius 3 is 2.46 bits per heavy atom. The molecule has 0 unspecified atom stereocenters. The molecule has 1 heterocycles. The van der Waals surface area contributed by atoms with E-state index in [1.54, 1.807) is 7.11 Å². The van der Waals surface area contributed by atoms with Crippen molar-refractivity contribution in [2.75, 3.05) is 12.8 Å². The van der Waals surface area contributed by atoms with Gasteiger partial charge in [0, 0.05) is 5.56 Å². The molecule has 1 aliphatic rings. The Kier molecular flexibility index (Phi) is 4.24. The number of aromatic nitrogens is 1. The molecular weight excluding hydrogens is 324 g/mol. The molecule has 1 aliphatic carbocycles. The van der Waals surface area contributed by atoms with Gasteiger partial charge >= 0.3 is 0 Å². The number of nitriles is 2. The van der Waals surface area contributed by atoms with Crippen molar-refractivity contribution < 1.29 is 9.72 Å². The number of methoxy groups -OCH3 is 1. The quantitative estimate of drug-likeness (QED) is 0.903. The first kappa shape index (κ1) is 17.3. The Labute approximate surface area is 152 Å². The SMILES string of the molecule is COc1ccc(/C=C2\C(C)=C(C#N)c3[nH+]c(N)c(C#N)c(C)c32)cc1C. The smallest absolute Gasteiger partial charge is 0.289 e. The largest absolute Gasteiger partial charge is 0.496 e. The number of aromatic amines is 1. The number of anilines is 1. The molecular formula is C21H19N4O+. The zero-order chi connectivity index (χ0) is 19.0. The summed E-state index contributed by atoms with van der Waals surface area (Å²) in [6, 6.07) is 10.3. The summed E-state index contributed by atoms with van der Waals surface area (Å²) >= 11 is 0. The van der Waals surface area contributed by atoms with Gasteiger partial charge in [-0.15, -0.1) is 0 Å². The van der Waals surface area contributed by atoms with E-state index in [-0.39, 0.29) is 5.82 Å². The van der Waals surface area contributed by atoms with Gasteiger partial charge in [0.1, 0.15) is 29.0 Å². The van der Waals surface area contributed by atoms with Gasteiger partial charge in [-0.2, -0.15) is 10.5 Å². The number of allylic oxidation sites excluding steroid dienone is 3. The Hall–Kier alpha value is -3.57. The van der Waals surface area contributed by atoms with E-state index in [4.69, 9.17) is 10.5 Å². The van der Waals surface area contributed by atoms with Gasteiger partial charge in [0.2, 0.25) is 0 Å². The molecule has 5 nitrogen and oxygen atoms in total. The average molecular weight is 343 g/mol. The van der Waals surface area contributed by atoms with Crippen LogP contribution in [0, 0.1) is 36.5 Å². The molecule has 5 heteroatoms. The molecule has 1 aromatic carbocycles. The number of fused-ring (bicyclic) bond motifs is 1. The molecule has 2 aromatic rings. The predicted molar refractivity (Wildman–Crippen MR) is 101 cm³/mol. The molecule has 3 N–H and O–H groups in total. The second-order valence-electron chi connectivity index (χ2n) is 6.30. The first-order valence-corrected chi connectivity index (χ1v) is 8.16. The summed E-state index contributed by atoms with van der Waals surface area (Å²) in [6.45, 7) is 5.76. The fourth-order valence-corrected chi connectivity index (χ4v) is 3.43. The predicted octanol–water partition coefficient (Wildman–Crippen LogP) is 3.43. The van der Waals surface area contributed by atoms with Crippen LogP contribution in [0.25, 0.3) is 17.2 Å². The van der Waals surface area contributed by atoms with Crippen molar-refractivity contribution >= 4 is 23.0 Å². The lowest BCUT2D eigenvalue weighted by molar-refractivity contribution is -0.364. The molecule has 3 rings (SSSR count). The van der Waals surface area contributed by atoms with E-state index in [1.165, 1.54) is 0 Å². The van der Waals surface area contributed by atoms with Crippen molar-refractivity contribution in [3.05, 3.63) is 57.3 Å². The molecule has 0 radical (unpaired) electrons. The van der Waals surface area contributed by atoms with E-state index in [2.05, 4.69) is 17.1 Å². The van der Waals surface area contributed by atoms with Gasteiger partial charge < -0.3 is 4.74 Å². The zero-order valence-electron chi connectivity index (χ0n) is 15.2. The van der Waals surface area contributed by atoms with Crippen LogP contribution in [0.3, 0.4) is 0 Å². The summed E-state index contributed by atoms with van der Waals surface area (Å²) in [5.41, 5.74) is 13.1. The van der Waals surface area contributed by atoms with Gasteiger partial charge in [-0.25, -0.2) is 4.98 Å². The van der Waals surface area contributed by atoms with Crippen molar-refractivity contribution in [2.45, 2.75) is 20.8 Å². The topological polar surface area (TPSA) is 97.0 Å². The maximum absolute atomic E-state index is 9.61. The van der Waals surface area contributed by atoms with Crippen molar-refractivity contribution in [1.82, 2.24) is 0 Å². The molecule has 0 saturated heterocycles. The highest BCUT2D eigenvalue weighted by Gasteiger charge is 2.32. The molecule has 26 heavy (non-hydrogen) atoms. The molecule has 0 atom stereocenters. The maximum Gasteiger partial charge on any atom is 0.289 e. The second-order valence-corrected chi connectivity index (χ2v) is 6.30. The van der Waals surface area contributed by atoms with Gasteiger partial charge in [-0.1, -0.05) is 6.07 Å². The highest BCUT2D eigenvalue weighted by Crippen LogP contribution is 2.42. The highest BCUT2D eigenvalue weighted by molar-refractivity contribution is 6.07. The van der Waals surface area contributed by atoms with Crippen molar-refractivity contribution in [3.63, 3.8) is 0 Å². The summed E-state index contributed by atoms with van der Waals surface area (Å²) in [4.78, 5) is 3.04. The van der Waals surface area contributed by atoms with Gasteiger partial charge in [0.25, 0.3) is 5.82 Å². The van der Waals surface area contributed by atoms with Crippen molar-refractivity contribution in [1.29, 1.82) is 10.5 Å². The summed E-state index contributed by atoms with van der Waals surface area (Å²) in [6.07, 6.45) is 2.03. The lowest BCUT2D eigenvalue weighted by Crippen LogP contribution is -2.20. The van der Waals surface area contributed by atoms with E-state index in [9.17, 15) is 10.5 Å². The number of aryl methyl sites for hydroxylation is 1. The number of hydrogen-bond donors (Lipinski definition) is 1. The average Bonchev–Trinajstić information content (AvgIpc) is 2.86. The lowest BCUT2D eigenvalue weighted by Gasteiger charge is -2.09. The summed E-state index contributed by atoms with van der Waals surface area (Å²) in [7, 11) is 1.65. The number of nitrogens with zero attached hydrogens (tertiary/aromatic N) is 2. The van der Waals surface area contributed by atoms with Gasteiger partial charge in [-0.05, 0) is 66.8 Å². The van der Waals surface area contributed by atoms with E-state index in [0.717, 1.165) is 39.1 Å². The Morgan fingerprint density at radius 2 is 1.88 bits per heavy atom. The van der Waals surface area contributed by atoms with Crippen LogP contribution in [-0.2, 0) is 0 Å². The maximum atomic E-state index is 9.61. The Morgan fingerprint density at radius 1 is 1.15 bits per heavy atom. The zero-order valence-corrected chi connectivity index (χ0v) is 15.2. The van der Waals surface area contributed by atoms with Gasteiger partial charge in [-0.3, -0.25) is 5.73 Å². The van der Waals surface area contributed by atoms with E-state index in [0.29, 0.717) is 16.8 Å². The molecule has 0 fully saturated rings. The fourth-order valence-electron chi connectivity index (χ4n) is 3.43. The third-order valence-electron chi connectivity index (χ3n) is 4.78. The van der Waals surface area contributed by atoms with E-state index >= 15 is 0 Å². The lowest BCUT2D eigenvalue weighted by atomic mass is 9.95. The molecule has 0 spiro atoms. The van der Waals surface area contributed by atoms with Crippen LogP contribution in [0.1, 0.15) is 40.4 Å². The van der Waals surface area contributed by atoms with Crippen LogP contribution in [0.15, 0.2) is 23.8 Å². The summed E-state index contributed by atoms with van der Waals surface area (Å²) in [5.74, 6) is 1.11. The number of nitrogen functional groups attached to an aromatic ring is 1. The number of benzene rings is 1. The van der Waals surface area contributed by atoms with Crippen LogP contribution in [0.5, 0.6) is 5.75 Å². The molecule has 128 valence electrons. The third kappa shape index (κ3) is 2.51. The molecule has 0 aliphatic heterocycles. The normalized spacial score (nSPS) is 14.2. The minimum atomic E-state index is 0.283. The summed E-state index contributed by atoms with van der Waals surface area (Å²) in [5, 5.41) is 19.0. The van der Waals surface area contributed by atoms with Crippen LogP contribution >= 0.6 is 0 Å². The molecule has 0 bridgehead atoms. The van der Waals surface area contributed by atoms with Crippen molar-refractivity contribution in [3.8, 4) is 17.9 Å². The monoisotopic (exact) mass is 343 g/mol. The van der Waals surface area contributed by atoms with Gasteiger partial charge in [0.15, 0.2) is 5.69 Å². The number of rotatable bonds is 2. The van der Waals surface area contributed by atoms with Crippen LogP contribution in [0.2, 0.25) is 0 Å². The summed E-state index contributed by atoms with van der Waals surface area (Å²) < 4.78 is 5.32. The molecule has 1 aromatic heterocycles. The van der Waals surface area contributed by atoms with E-state index < -0.39 is 0 Å². The molecule has 0 amide bonds. The number of H-pyrrole nitrogens is 1. The number of pyridine rings is 1. The van der Waals surface area contributed by atoms with Crippen LogP contribution in [-0.4, -0.2) is 7.11 Å². The standard InChI is InChI=1S/C21H18N4O/c1-11-7-14(5-6-18(11)26-4)8-15-12(2)16(9-22)20-19(15)13(3)17(10-23)21(24)25-20/h5-8H,1-4H3,(H2,24,25)/p+1/b15-8+. The van der Waals surface area contributed by atoms with Crippen molar-refractivity contribution in [2.24, 2.45) is 0 Å². The van der Waals surface area contributed by atoms with E-state index in [1.807, 2.05) is 45.0 Å². The highest BCUT2D eigenvalue weighted by atomic mass is 16.5. The number of nitrogens with one attached hydrogen (secondary N) is 1. The Bertz CT molecular complexity index is 1080. The minimum Gasteiger partial charge on any atom is -0.496 e. The van der Waals surface area contributed by atoms with Gasteiger partial charge in [0.05, 0.1) is 7.11 Å². The minimum absolute atomic E-state index is 0.283. The number of nitrogens with two attached hydrogens (primary N) is 1. The second kappa shape index (κ2) is 6.38. The Balaban J connectivity index is 2.28. The van der Waals surface area contributed by atoms with Crippen LogP contribution in [0.4, 0.5) is 5.82 Å². The first-order chi connectivity index (χ1) is 12.4. The number of ether oxygens (including phenoxy) is 1. The van der Waals surface area contributed by atoms with Crippen LogP contribution < -0.4 is 15.5 Å². The third-order valence-corrected chi connectivity index (χ3v) is 4.78.